The minimum atomic E-state index is -0.885. The second-order valence-corrected chi connectivity index (χ2v) is 4.55. The van der Waals surface area contributed by atoms with Crippen LogP contribution in [0.5, 0.6) is 0 Å². The molecule has 0 aromatic heterocycles. The number of hydrogen-bond acceptors (Lipinski definition) is 3. The van der Waals surface area contributed by atoms with Gasteiger partial charge in [-0.3, -0.25) is 0 Å². The second-order valence-electron chi connectivity index (χ2n) is 4.55. The number of benzene rings is 1. The lowest BCUT2D eigenvalue weighted by Gasteiger charge is -2.30. The van der Waals surface area contributed by atoms with Gasteiger partial charge < -0.3 is 16.0 Å². The highest BCUT2D eigenvalue weighted by molar-refractivity contribution is 5.67. The smallest absolute Gasteiger partial charge is 0.183 e. The van der Waals surface area contributed by atoms with Gasteiger partial charge in [-0.1, -0.05) is 0 Å². The molecular weight excluding hydrogens is 224 g/mol. The molecule has 1 aromatic carbocycles. The molecule has 3 nitrogen and oxygen atoms in total. The van der Waals surface area contributed by atoms with Crippen LogP contribution >= 0.6 is 0 Å². The molecule has 0 unspecified atom stereocenters. The number of likely N-dealkylation sites (tertiary alicyclic amines) is 1. The van der Waals surface area contributed by atoms with Gasteiger partial charge in [0.2, 0.25) is 0 Å². The Morgan fingerprint density at radius 3 is 2.59 bits per heavy atom. The topological polar surface area (TPSA) is 41.3 Å². The van der Waals surface area contributed by atoms with Crippen molar-refractivity contribution in [1.29, 1.82) is 0 Å². The van der Waals surface area contributed by atoms with Crippen LogP contribution < -0.4 is 11.1 Å². The summed E-state index contributed by atoms with van der Waals surface area (Å²) in [6, 6.07) is 2.59. The minimum absolute atomic E-state index is 0.0968. The highest BCUT2D eigenvalue weighted by Crippen LogP contribution is 2.27. The van der Waals surface area contributed by atoms with Crippen LogP contribution in [0.1, 0.15) is 12.8 Å². The molecule has 1 aromatic rings. The Labute approximate surface area is 99.6 Å². The molecule has 1 saturated heterocycles. The van der Waals surface area contributed by atoms with Gasteiger partial charge in [0.1, 0.15) is 0 Å². The van der Waals surface area contributed by atoms with Crippen LogP contribution in [0.3, 0.4) is 0 Å². The van der Waals surface area contributed by atoms with E-state index in [9.17, 15) is 8.78 Å². The van der Waals surface area contributed by atoms with Crippen molar-refractivity contribution in [2.45, 2.75) is 18.9 Å². The van der Waals surface area contributed by atoms with E-state index in [4.69, 9.17) is 5.73 Å². The third kappa shape index (κ3) is 2.66. The molecule has 94 valence electrons. The van der Waals surface area contributed by atoms with Crippen molar-refractivity contribution in [2.24, 2.45) is 0 Å². The van der Waals surface area contributed by atoms with Crippen LogP contribution in [-0.2, 0) is 0 Å². The van der Waals surface area contributed by atoms with E-state index in [2.05, 4.69) is 10.2 Å². The lowest BCUT2D eigenvalue weighted by Crippen LogP contribution is -2.37. The summed E-state index contributed by atoms with van der Waals surface area (Å²) in [7, 11) is 2.05. The molecule has 1 fully saturated rings. The predicted octanol–water partition coefficient (Wildman–Crippen LogP) is 2.05. The van der Waals surface area contributed by atoms with Crippen molar-refractivity contribution in [3.8, 4) is 0 Å². The Hall–Kier alpha value is -1.36. The van der Waals surface area contributed by atoms with Crippen molar-refractivity contribution in [3.05, 3.63) is 23.8 Å². The lowest BCUT2D eigenvalue weighted by atomic mass is 10.0. The first-order chi connectivity index (χ1) is 8.08. The normalized spacial score (nSPS) is 18.3. The molecule has 1 aliphatic heterocycles. The maximum atomic E-state index is 13.6. The zero-order valence-electron chi connectivity index (χ0n) is 9.84. The summed E-state index contributed by atoms with van der Waals surface area (Å²) >= 11 is 0. The maximum Gasteiger partial charge on any atom is 0.183 e. The molecule has 0 atom stereocenters. The molecule has 0 radical (unpaired) electrons. The van der Waals surface area contributed by atoms with E-state index >= 15 is 0 Å². The second kappa shape index (κ2) is 4.87. The van der Waals surface area contributed by atoms with E-state index in [1.54, 1.807) is 0 Å². The first-order valence-electron chi connectivity index (χ1n) is 5.76. The molecule has 0 amide bonds. The number of halogens is 2. The van der Waals surface area contributed by atoms with Crippen molar-refractivity contribution >= 4 is 11.4 Å². The van der Waals surface area contributed by atoms with Gasteiger partial charge in [0.25, 0.3) is 0 Å². The first-order valence-corrected chi connectivity index (χ1v) is 5.76. The highest BCUT2D eigenvalue weighted by atomic mass is 19.2. The standard InChI is InChI=1S/C12H17F2N3/c1-17-6-4-8(5-7-17)16-12-10(15)3-2-9(13)11(12)14/h2-3,8,16H,4-7,15H2,1H3. The third-order valence-corrected chi connectivity index (χ3v) is 3.19. The molecular formula is C12H17F2N3. The maximum absolute atomic E-state index is 13.6. The highest BCUT2D eigenvalue weighted by Gasteiger charge is 2.20. The van der Waals surface area contributed by atoms with E-state index in [1.807, 2.05) is 7.05 Å². The van der Waals surface area contributed by atoms with Crippen LogP contribution in [0.15, 0.2) is 12.1 Å². The van der Waals surface area contributed by atoms with Crippen molar-refractivity contribution in [1.82, 2.24) is 4.90 Å². The molecule has 1 heterocycles. The fraction of sp³-hybridized carbons (Fsp3) is 0.500. The van der Waals surface area contributed by atoms with Crippen molar-refractivity contribution in [3.63, 3.8) is 0 Å². The summed E-state index contributed by atoms with van der Waals surface area (Å²) in [6.07, 6.45) is 1.82. The molecule has 0 bridgehead atoms. The van der Waals surface area contributed by atoms with Gasteiger partial charge in [-0.05, 0) is 45.1 Å². The Morgan fingerprint density at radius 2 is 1.94 bits per heavy atom. The number of anilines is 2. The molecule has 17 heavy (non-hydrogen) atoms. The van der Waals surface area contributed by atoms with Gasteiger partial charge in [0, 0.05) is 6.04 Å². The molecule has 2 rings (SSSR count). The summed E-state index contributed by atoms with van der Waals surface area (Å²) < 4.78 is 26.7. The first kappa shape index (κ1) is 12.1. The average molecular weight is 241 g/mol. The van der Waals surface area contributed by atoms with E-state index < -0.39 is 11.6 Å². The van der Waals surface area contributed by atoms with E-state index in [0.717, 1.165) is 32.0 Å². The number of rotatable bonds is 2. The average Bonchev–Trinajstić information content (AvgIpc) is 2.32. The third-order valence-electron chi connectivity index (χ3n) is 3.19. The fourth-order valence-corrected chi connectivity index (χ4v) is 2.07. The van der Waals surface area contributed by atoms with Gasteiger partial charge in [-0.15, -0.1) is 0 Å². The Bertz CT molecular complexity index is 401. The van der Waals surface area contributed by atoms with Crippen molar-refractivity contribution in [2.75, 3.05) is 31.2 Å². The number of nitrogens with zero attached hydrogens (tertiary/aromatic N) is 1. The minimum Gasteiger partial charge on any atom is -0.397 e. The quantitative estimate of drug-likeness (QED) is 0.779. The van der Waals surface area contributed by atoms with E-state index in [1.165, 1.54) is 6.07 Å². The van der Waals surface area contributed by atoms with E-state index in [-0.39, 0.29) is 17.4 Å². The summed E-state index contributed by atoms with van der Waals surface area (Å²) in [5.41, 5.74) is 6.00. The van der Waals surface area contributed by atoms with Crippen molar-refractivity contribution < 1.29 is 8.78 Å². The van der Waals surface area contributed by atoms with Crippen LogP contribution in [0.25, 0.3) is 0 Å². The zero-order valence-corrected chi connectivity index (χ0v) is 9.84. The molecule has 1 aliphatic rings. The van der Waals surface area contributed by atoms with E-state index in [0.29, 0.717) is 0 Å². The summed E-state index contributed by atoms with van der Waals surface area (Å²) in [6.45, 7) is 1.91. The molecule has 3 N–H and O–H groups in total. The van der Waals surface area contributed by atoms with Crippen LogP contribution in [-0.4, -0.2) is 31.1 Å². The van der Waals surface area contributed by atoms with Gasteiger partial charge in [0.15, 0.2) is 11.6 Å². The number of nitrogen functional groups attached to an aromatic ring is 1. The number of hydrogen-bond donors (Lipinski definition) is 2. The summed E-state index contributed by atoms with van der Waals surface area (Å²) in [5.74, 6) is -1.75. The number of nitrogens with two attached hydrogens (primary N) is 1. The Morgan fingerprint density at radius 1 is 1.29 bits per heavy atom. The molecule has 5 heteroatoms. The Kier molecular flexibility index (Phi) is 3.47. The van der Waals surface area contributed by atoms with Gasteiger partial charge in [0.05, 0.1) is 11.4 Å². The van der Waals surface area contributed by atoms with Crippen LogP contribution in [0, 0.1) is 11.6 Å². The predicted molar refractivity (Wildman–Crippen MR) is 64.9 cm³/mol. The zero-order chi connectivity index (χ0) is 12.4. The summed E-state index contributed by atoms with van der Waals surface area (Å²) in [4.78, 5) is 2.21. The number of nitrogens with one attached hydrogen (secondary N) is 1. The molecule has 0 aliphatic carbocycles. The number of piperidine rings is 1. The lowest BCUT2D eigenvalue weighted by molar-refractivity contribution is 0.263. The van der Waals surface area contributed by atoms with Gasteiger partial charge in [-0.2, -0.15) is 0 Å². The fourth-order valence-electron chi connectivity index (χ4n) is 2.07. The largest absolute Gasteiger partial charge is 0.397 e. The monoisotopic (exact) mass is 241 g/mol. The summed E-state index contributed by atoms with van der Waals surface area (Å²) in [5, 5.41) is 3.01. The van der Waals surface area contributed by atoms with Gasteiger partial charge in [-0.25, -0.2) is 8.78 Å². The van der Waals surface area contributed by atoms with Crippen LogP contribution in [0.4, 0.5) is 20.2 Å². The van der Waals surface area contributed by atoms with Crippen LogP contribution in [0.2, 0.25) is 0 Å². The SMILES string of the molecule is CN1CCC(Nc2c(N)ccc(F)c2F)CC1. The van der Waals surface area contributed by atoms with Gasteiger partial charge >= 0.3 is 0 Å². The Balaban J connectivity index is 2.11. The molecule has 0 spiro atoms. The molecule has 0 saturated carbocycles.